The predicted octanol–water partition coefficient (Wildman–Crippen LogP) is 2.72. The van der Waals surface area contributed by atoms with Gasteiger partial charge in [0, 0.05) is 6.54 Å². The Morgan fingerprint density at radius 2 is 1.67 bits per heavy atom. The van der Waals surface area contributed by atoms with Crippen LogP contribution < -0.4 is 21.3 Å². The average Bonchev–Trinajstić information content (AvgIpc) is 2.45. The molecule has 1 aromatic heterocycles. The first kappa shape index (κ1) is 17.4. The lowest BCUT2D eigenvalue weighted by atomic mass is 10.1. The van der Waals surface area contributed by atoms with Crippen molar-refractivity contribution in [2.45, 2.75) is 65.4 Å². The van der Waals surface area contributed by atoms with Crippen molar-refractivity contribution in [3.63, 3.8) is 0 Å². The minimum atomic E-state index is 0.00411. The van der Waals surface area contributed by atoms with E-state index in [4.69, 9.17) is 10.6 Å². The second-order valence-electron chi connectivity index (χ2n) is 5.27. The molecule has 0 saturated heterocycles. The van der Waals surface area contributed by atoms with E-state index in [-0.39, 0.29) is 12.1 Å². The van der Waals surface area contributed by atoms with Gasteiger partial charge in [-0.05, 0) is 20.3 Å². The lowest BCUT2D eigenvalue weighted by molar-refractivity contribution is 0.222. The fraction of sp³-hybridized carbons (Fsp3) is 0.786. The van der Waals surface area contributed by atoms with Crippen molar-refractivity contribution in [1.82, 2.24) is 15.0 Å². The third-order valence-electron chi connectivity index (χ3n) is 2.90. The summed E-state index contributed by atoms with van der Waals surface area (Å²) in [5, 5.41) is 3.19. The van der Waals surface area contributed by atoms with Crippen LogP contribution in [0.15, 0.2) is 0 Å². The van der Waals surface area contributed by atoms with E-state index in [9.17, 15) is 0 Å². The van der Waals surface area contributed by atoms with Gasteiger partial charge in [-0.15, -0.1) is 0 Å². The number of hydrogen-bond acceptors (Lipinski definition) is 7. The van der Waals surface area contributed by atoms with Gasteiger partial charge in [0.1, 0.15) is 0 Å². The third kappa shape index (κ3) is 7.65. The fourth-order valence-corrected chi connectivity index (χ4v) is 1.87. The lowest BCUT2D eigenvalue weighted by Gasteiger charge is -2.11. The number of nitrogens with one attached hydrogen (secondary N) is 2. The Kier molecular flexibility index (Phi) is 8.42. The van der Waals surface area contributed by atoms with Gasteiger partial charge in [0.05, 0.1) is 6.10 Å². The van der Waals surface area contributed by atoms with Gasteiger partial charge in [-0.2, -0.15) is 15.0 Å². The molecule has 0 aliphatic rings. The van der Waals surface area contributed by atoms with Crippen LogP contribution in [0.25, 0.3) is 0 Å². The van der Waals surface area contributed by atoms with E-state index in [0.29, 0.717) is 11.9 Å². The molecule has 0 aliphatic heterocycles. The average molecular weight is 296 g/mol. The highest BCUT2D eigenvalue weighted by Gasteiger charge is 2.07. The highest BCUT2D eigenvalue weighted by molar-refractivity contribution is 5.34. The maximum Gasteiger partial charge on any atom is 0.323 e. The van der Waals surface area contributed by atoms with Crippen molar-refractivity contribution >= 4 is 11.9 Å². The highest BCUT2D eigenvalue weighted by atomic mass is 16.5. The monoisotopic (exact) mass is 296 g/mol. The molecular formula is C14H28N6O. The molecule has 0 fully saturated rings. The molecule has 0 unspecified atom stereocenters. The number of hydrazine groups is 1. The normalized spacial score (nSPS) is 10.7. The van der Waals surface area contributed by atoms with Crippen LogP contribution in [0.4, 0.5) is 11.9 Å². The van der Waals surface area contributed by atoms with E-state index in [1.54, 1.807) is 0 Å². The SMILES string of the molecule is CCCCCCCCNc1nc(NN)nc(OC(C)C)n1. The molecule has 4 N–H and O–H groups in total. The van der Waals surface area contributed by atoms with Gasteiger partial charge in [-0.3, -0.25) is 5.43 Å². The summed E-state index contributed by atoms with van der Waals surface area (Å²) in [5.74, 6) is 6.14. The Hall–Kier alpha value is -1.63. The second-order valence-corrected chi connectivity index (χ2v) is 5.27. The zero-order chi connectivity index (χ0) is 15.5. The topological polar surface area (TPSA) is 98.0 Å². The summed E-state index contributed by atoms with van der Waals surface area (Å²) in [6, 6.07) is 0.276. The molecule has 21 heavy (non-hydrogen) atoms. The van der Waals surface area contributed by atoms with Gasteiger partial charge in [0.25, 0.3) is 0 Å². The number of anilines is 2. The Morgan fingerprint density at radius 3 is 2.33 bits per heavy atom. The Bertz CT molecular complexity index is 399. The van der Waals surface area contributed by atoms with Crippen LogP contribution >= 0.6 is 0 Å². The molecule has 1 aromatic rings. The molecule has 0 atom stereocenters. The van der Waals surface area contributed by atoms with Crippen LogP contribution in [0.3, 0.4) is 0 Å². The maximum atomic E-state index is 5.47. The number of aromatic nitrogens is 3. The van der Waals surface area contributed by atoms with Gasteiger partial charge in [0.2, 0.25) is 11.9 Å². The van der Waals surface area contributed by atoms with Crippen LogP contribution in [-0.4, -0.2) is 27.6 Å². The third-order valence-corrected chi connectivity index (χ3v) is 2.90. The molecule has 0 bridgehead atoms. The van der Waals surface area contributed by atoms with Crippen LogP contribution in [0.1, 0.15) is 59.3 Å². The predicted molar refractivity (Wildman–Crippen MR) is 85.3 cm³/mol. The van der Waals surface area contributed by atoms with Gasteiger partial charge >= 0.3 is 6.01 Å². The van der Waals surface area contributed by atoms with Crippen LogP contribution in [-0.2, 0) is 0 Å². The zero-order valence-corrected chi connectivity index (χ0v) is 13.4. The van der Waals surface area contributed by atoms with Crippen molar-refractivity contribution in [2.75, 3.05) is 17.3 Å². The zero-order valence-electron chi connectivity index (χ0n) is 13.4. The Morgan fingerprint density at radius 1 is 1.00 bits per heavy atom. The quantitative estimate of drug-likeness (QED) is 0.328. The highest BCUT2D eigenvalue weighted by Crippen LogP contribution is 2.12. The first-order chi connectivity index (χ1) is 10.2. The summed E-state index contributed by atoms with van der Waals surface area (Å²) >= 11 is 0. The number of nitrogens with zero attached hydrogens (tertiary/aromatic N) is 3. The summed E-state index contributed by atoms with van der Waals surface area (Å²) in [5.41, 5.74) is 2.42. The van der Waals surface area contributed by atoms with E-state index in [2.05, 4.69) is 32.6 Å². The van der Waals surface area contributed by atoms with E-state index < -0.39 is 0 Å². The van der Waals surface area contributed by atoms with E-state index in [1.165, 1.54) is 32.1 Å². The fourth-order valence-electron chi connectivity index (χ4n) is 1.87. The van der Waals surface area contributed by atoms with Crippen LogP contribution in [0, 0.1) is 0 Å². The largest absolute Gasteiger partial charge is 0.461 e. The van der Waals surface area contributed by atoms with Crippen molar-refractivity contribution in [3.05, 3.63) is 0 Å². The molecule has 0 amide bonds. The number of rotatable bonds is 11. The first-order valence-corrected chi connectivity index (χ1v) is 7.79. The van der Waals surface area contributed by atoms with Crippen LogP contribution in [0.5, 0.6) is 6.01 Å². The van der Waals surface area contributed by atoms with Gasteiger partial charge in [0.15, 0.2) is 0 Å². The van der Waals surface area contributed by atoms with Gasteiger partial charge in [-0.25, -0.2) is 5.84 Å². The van der Waals surface area contributed by atoms with Crippen molar-refractivity contribution < 1.29 is 4.74 Å². The molecule has 1 heterocycles. The standard InChI is InChI=1S/C14H28N6O/c1-4-5-6-7-8-9-10-16-12-17-13(20-15)19-14(18-12)21-11(2)3/h11H,4-10,15H2,1-3H3,(H2,16,17,18,19,20). The lowest BCUT2D eigenvalue weighted by Crippen LogP contribution is -2.16. The summed E-state index contributed by atoms with van der Waals surface area (Å²) in [6.07, 6.45) is 7.51. The minimum absolute atomic E-state index is 0.00411. The molecular weight excluding hydrogens is 268 g/mol. The van der Waals surface area contributed by atoms with Gasteiger partial charge in [-0.1, -0.05) is 39.0 Å². The number of nitrogens with two attached hydrogens (primary N) is 1. The van der Waals surface area contributed by atoms with Crippen molar-refractivity contribution in [2.24, 2.45) is 5.84 Å². The van der Waals surface area contributed by atoms with E-state index in [0.717, 1.165) is 13.0 Å². The van der Waals surface area contributed by atoms with Crippen LogP contribution in [0.2, 0.25) is 0 Å². The smallest absolute Gasteiger partial charge is 0.323 e. The maximum absolute atomic E-state index is 5.47. The molecule has 120 valence electrons. The summed E-state index contributed by atoms with van der Waals surface area (Å²) in [7, 11) is 0. The summed E-state index contributed by atoms with van der Waals surface area (Å²) in [6.45, 7) is 6.90. The molecule has 1 rings (SSSR count). The molecule has 0 radical (unpaired) electrons. The summed E-state index contributed by atoms with van der Waals surface area (Å²) in [4.78, 5) is 12.4. The molecule has 0 aliphatic carbocycles. The molecule has 0 spiro atoms. The number of hydrogen-bond donors (Lipinski definition) is 3. The molecule has 0 saturated carbocycles. The van der Waals surface area contributed by atoms with Crippen molar-refractivity contribution in [3.8, 4) is 6.01 Å². The Labute approximate surface area is 127 Å². The number of ether oxygens (including phenoxy) is 1. The second kappa shape index (κ2) is 10.1. The first-order valence-electron chi connectivity index (χ1n) is 7.79. The molecule has 7 heteroatoms. The number of unbranched alkanes of at least 4 members (excludes halogenated alkanes) is 5. The minimum Gasteiger partial charge on any atom is -0.461 e. The summed E-state index contributed by atoms with van der Waals surface area (Å²) < 4.78 is 5.47. The number of nitrogen functional groups attached to an aromatic ring is 1. The molecule has 0 aromatic carbocycles. The molecule has 7 nitrogen and oxygen atoms in total. The van der Waals surface area contributed by atoms with E-state index >= 15 is 0 Å². The van der Waals surface area contributed by atoms with Crippen molar-refractivity contribution in [1.29, 1.82) is 0 Å². The van der Waals surface area contributed by atoms with E-state index in [1.807, 2.05) is 13.8 Å². The Balaban J connectivity index is 2.39. The van der Waals surface area contributed by atoms with Gasteiger partial charge < -0.3 is 10.1 Å².